The fourth-order valence-corrected chi connectivity index (χ4v) is 3.23. The lowest BCUT2D eigenvalue weighted by Crippen LogP contribution is -2.29. The molecule has 7 nitrogen and oxygen atoms in total. The van der Waals surface area contributed by atoms with Gasteiger partial charge in [-0.15, -0.1) is 5.10 Å². The summed E-state index contributed by atoms with van der Waals surface area (Å²) in [5.74, 6) is 0.547. The van der Waals surface area contributed by atoms with Crippen LogP contribution in [0.4, 0.5) is 5.69 Å². The van der Waals surface area contributed by atoms with Gasteiger partial charge in [-0.3, -0.25) is 9.69 Å². The van der Waals surface area contributed by atoms with Crippen molar-refractivity contribution >= 4 is 11.6 Å². The highest BCUT2D eigenvalue weighted by Gasteiger charge is 2.12. The molecule has 0 aliphatic heterocycles. The van der Waals surface area contributed by atoms with Crippen molar-refractivity contribution in [2.75, 3.05) is 11.9 Å². The molecule has 0 atom stereocenters. The number of aryl methyl sites for hydroxylation is 2. The molecule has 1 N–H and O–H groups in total. The minimum absolute atomic E-state index is 0.143. The molecular weight excluding hydrogens is 364 g/mol. The Morgan fingerprint density at radius 3 is 2.45 bits per heavy atom. The van der Waals surface area contributed by atoms with Crippen LogP contribution in [0.5, 0.6) is 0 Å². The summed E-state index contributed by atoms with van der Waals surface area (Å²) < 4.78 is 1.66. The van der Waals surface area contributed by atoms with Gasteiger partial charge in [0.05, 0.1) is 5.69 Å². The average Bonchev–Trinajstić information content (AvgIpc) is 3.13. The van der Waals surface area contributed by atoms with Crippen LogP contribution in [0.2, 0.25) is 0 Å². The maximum Gasteiger partial charge on any atom is 0.255 e. The summed E-state index contributed by atoms with van der Waals surface area (Å²) >= 11 is 0. The van der Waals surface area contributed by atoms with Crippen LogP contribution in [0.25, 0.3) is 5.69 Å². The second-order valence-electron chi connectivity index (χ2n) is 7.45. The first-order chi connectivity index (χ1) is 13.9. The lowest BCUT2D eigenvalue weighted by atomic mass is 10.1. The van der Waals surface area contributed by atoms with Crippen LogP contribution in [0, 0.1) is 13.8 Å². The maximum absolute atomic E-state index is 12.7. The summed E-state index contributed by atoms with van der Waals surface area (Å²) in [6.45, 7) is 12.2. The van der Waals surface area contributed by atoms with Crippen LogP contribution in [-0.4, -0.2) is 43.6 Å². The molecule has 0 saturated heterocycles. The van der Waals surface area contributed by atoms with E-state index in [-0.39, 0.29) is 5.91 Å². The summed E-state index contributed by atoms with van der Waals surface area (Å²) in [5, 5.41) is 14.6. The van der Waals surface area contributed by atoms with Gasteiger partial charge in [-0.25, -0.2) is 0 Å². The van der Waals surface area contributed by atoms with Crippen molar-refractivity contribution in [3.8, 4) is 5.69 Å². The first-order valence-corrected chi connectivity index (χ1v) is 9.89. The maximum atomic E-state index is 12.7. The molecule has 0 radical (unpaired) electrons. The molecule has 0 aliphatic rings. The molecule has 0 spiro atoms. The highest BCUT2D eigenvalue weighted by Crippen LogP contribution is 2.20. The average molecular weight is 393 g/mol. The fourth-order valence-electron chi connectivity index (χ4n) is 3.23. The Bertz CT molecular complexity index is 977. The van der Waals surface area contributed by atoms with E-state index in [0.717, 1.165) is 24.3 Å². The Hall–Kier alpha value is -3.06. The predicted octanol–water partition coefficient (Wildman–Crippen LogP) is 3.76. The predicted molar refractivity (Wildman–Crippen MR) is 114 cm³/mol. The molecule has 0 fully saturated rings. The lowest BCUT2D eigenvalue weighted by Gasteiger charge is -2.24. The molecule has 0 saturated carbocycles. The standard InChI is InChI=1S/C22H28N6O/c1-6-27(15(2)3)14-18-8-10-19(11-9-18)22(29)23-20-12-7-16(4)21(13-20)28-17(5)24-25-26-28/h7-13,15H,6,14H2,1-5H3,(H,23,29). The third-order valence-electron chi connectivity index (χ3n) is 5.06. The SMILES string of the molecule is CCN(Cc1ccc(C(=O)Nc2ccc(C)c(-n3nnnc3C)c2)cc1)C(C)C. The second kappa shape index (κ2) is 8.96. The smallest absolute Gasteiger partial charge is 0.255 e. The van der Waals surface area contributed by atoms with Crippen LogP contribution >= 0.6 is 0 Å². The number of rotatable bonds is 7. The zero-order valence-electron chi connectivity index (χ0n) is 17.7. The van der Waals surface area contributed by atoms with E-state index in [1.165, 1.54) is 5.56 Å². The number of tetrazole rings is 1. The minimum Gasteiger partial charge on any atom is -0.322 e. The number of hydrogen-bond acceptors (Lipinski definition) is 5. The van der Waals surface area contributed by atoms with E-state index in [0.29, 0.717) is 23.1 Å². The molecule has 3 rings (SSSR count). The summed E-state index contributed by atoms with van der Waals surface area (Å²) in [6.07, 6.45) is 0. The number of anilines is 1. The highest BCUT2D eigenvalue weighted by molar-refractivity contribution is 6.04. The molecule has 2 aromatic carbocycles. The number of nitrogens with zero attached hydrogens (tertiary/aromatic N) is 5. The number of amides is 1. The van der Waals surface area contributed by atoms with Crippen LogP contribution in [0.1, 0.15) is 48.1 Å². The molecule has 1 aromatic heterocycles. The van der Waals surface area contributed by atoms with E-state index in [4.69, 9.17) is 0 Å². The third-order valence-corrected chi connectivity index (χ3v) is 5.06. The molecule has 3 aromatic rings. The number of hydrogen-bond donors (Lipinski definition) is 1. The molecule has 0 bridgehead atoms. The summed E-state index contributed by atoms with van der Waals surface area (Å²) in [6, 6.07) is 14.0. The van der Waals surface area contributed by atoms with Gasteiger partial charge in [0.1, 0.15) is 0 Å². The second-order valence-corrected chi connectivity index (χ2v) is 7.45. The zero-order valence-corrected chi connectivity index (χ0v) is 17.7. The van der Waals surface area contributed by atoms with Gasteiger partial charge in [0, 0.05) is 23.8 Å². The number of carbonyl (C=O) groups excluding carboxylic acids is 1. The van der Waals surface area contributed by atoms with Crippen molar-refractivity contribution in [2.24, 2.45) is 0 Å². The van der Waals surface area contributed by atoms with Gasteiger partial charge in [0.15, 0.2) is 5.82 Å². The van der Waals surface area contributed by atoms with E-state index in [2.05, 4.69) is 46.5 Å². The molecule has 1 amide bonds. The van der Waals surface area contributed by atoms with Crippen LogP contribution in [0.3, 0.4) is 0 Å². The van der Waals surface area contributed by atoms with Gasteiger partial charge in [-0.1, -0.05) is 25.1 Å². The van der Waals surface area contributed by atoms with Gasteiger partial charge in [0.2, 0.25) is 0 Å². The summed E-state index contributed by atoms with van der Waals surface area (Å²) in [4.78, 5) is 15.1. The van der Waals surface area contributed by atoms with Crippen molar-refractivity contribution in [2.45, 2.75) is 47.2 Å². The van der Waals surface area contributed by atoms with Crippen molar-refractivity contribution in [1.29, 1.82) is 0 Å². The Labute approximate surface area is 171 Å². The summed E-state index contributed by atoms with van der Waals surface area (Å²) in [7, 11) is 0. The van der Waals surface area contributed by atoms with E-state index < -0.39 is 0 Å². The first kappa shape index (κ1) is 20.7. The van der Waals surface area contributed by atoms with Gasteiger partial charge in [0.25, 0.3) is 5.91 Å². The normalized spacial score (nSPS) is 11.3. The van der Waals surface area contributed by atoms with Crippen molar-refractivity contribution in [1.82, 2.24) is 25.1 Å². The van der Waals surface area contributed by atoms with E-state index >= 15 is 0 Å². The van der Waals surface area contributed by atoms with E-state index in [9.17, 15) is 4.79 Å². The van der Waals surface area contributed by atoms with Gasteiger partial charge >= 0.3 is 0 Å². The minimum atomic E-state index is -0.143. The Morgan fingerprint density at radius 2 is 1.86 bits per heavy atom. The van der Waals surface area contributed by atoms with E-state index in [1.807, 2.05) is 56.3 Å². The molecule has 0 unspecified atom stereocenters. The fraction of sp³-hybridized carbons (Fsp3) is 0.364. The van der Waals surface area contributed by atoms with Crippen molar-refractivity contribution in [3.05, 3.63) is 65.0 Å². The molecule has 29 heavy (non-hydrogen) atoms. The Kier molecular flexibility index (Phi) is 6.39. The lowest BCUT2D eigenvalue weighted by molar-refractivity contribution is 0.102. The number of benzene rings is 2. The zero-order chi connectivity index (χ0) is 21.0. The molecule has 152 valence electrons. The molecule has 0 aliphatic carbocycles. The monoisotopic (exact) mass is 392 g/mol. The quantitative estimate of drug-likeness (QED) is 0.662. The first-order valence-electron chi connectivity index (χ1n) is 9.89. The summed E-state index contributed by atoms with van der Waals surface area (Å²) in [5.41, 5.74) is 4.39. The molecule has 1 heterocycles. The molecule has 7 heteroatoms. The topological polar surface area (TPSA) is 75.9 Å². The van der Waals surface area contributed by atoms with Crippen LogP contribution in [0.15, 0.2) is 42.5 Å². The van der Waals surface area contributed by atoms with Crippen molar-refractivity contribution in [3.63, 3.8) is 0 Å². The van der Waals surface area contributed by atoms with Crippen LogP contribution < -0.4 is 5.32 Å². The Balaban J connectivity index is 1.73. The number of nitrogens with one attached hydrogen (secondary N) is 1. The van der Waals surface area contributed by atoms with Crippen molar-refractivity contribution < 1.29 is 4.79 Å². The van der Waals surface area contributed by atoms with Gasteiger partial charge in [-0.05, 0) is 80.1 Å². The van der Waals surface area contributed by atoms with E-state index in [1.54, 1.807) is 4.68 Å². The Morgan fingerprint density at radius 1 is 1.14 bits per heavy atom. The van der Waals surface area contributed by atoms with Crippen LogP contribution in [-0.2, 0) is 6.54 Å². The third kappa shape index (κ3) is 4.86. The number of carbonyl (C=O) groups is 1. The van der Waals surface area contributed by atoms with Gasteiger partial charge in [-0.2, -0.15) is 4.68 Å². The largest absolute Gasteiger partial charge is 0.322 e. The highest BCUT2D eigenvalue weighted by atomic mass is 16.1. The number of aromatic nitrogens is 4. The van der Waals surface area contributed by atoms with Gasteiger partial charge < -0.3 is 5.32 Å². The molecular formula is C22H28N6O.